The Hall–Kier alpha value is -0.680. The predicted molar refractivity (Wildman–Crippen MR) is 43.7 cm³/mol. The standard InChI is InChI=1S/C6H10N2O2S/c1-2-6(7)8-4(3-11-6)5(9)10/h3,8H,2,7H2,1H3,(H,9,10). The number of carboxylic acids is 1. The summed E-state index contributed by atoms with van der Waals surface area (Å²) in [4.78, 5) is 9.79. The molecule has 11 heavy (non-hydrogen) atoms. The summed E-state index contributed by atoms with van der Waals surface area (Å²) in [7, 11) is 0. The SMILES string of the molecule is CCC1(N)NC(C(=O)O)=CS1. The van der Waals surface area contributed by atoms with Gasteiger partial charge in [-0.2, -0.15) is 0 Å². The molecule has 1 rings (SSSR count). The second-order valence-electron chi connectivity index (χ2n) is 2.32. The number of nitrogens with two attached hydrogens (primary N) is 1. The van der Waals surface area contributed by atoms with Crippen molar-refractivity contribution in [3.63, 3.8) is 0 Å². The lowest BCUT2D eigenvalue weighted by Crippen LogP contribution is -2.47. The first kappa shape index (κ1) is 8.42. The van der Waals surface area contributed by atoms with Gasteiger partial charge in [0.05, 0.1) is 0 Å². The largest absolute Gasteiger partial charge is 0.477 e. The number of hydrogen-bond donors (Lipinski definition) is 3. The van der Waals surface area contributed by atoms with Crippen molar-refractivity contribution < 1.29 is 9.90 Å². The molecule has 0 aliphatic carbocycles. The van der Waals surface area contributed by atoms with Gasteiger partial charge >= 0.3 is 5.97 Å². The molecule has 4 nitrogen and oxygen atoms in total. The molecule has 0 radical (unpaired) electrons. The quantitative estimate of drug-likeness (QED) is 0.560. The molecule has 1 unspecified atom stereocenters. The summed E-state index contributed by atoms with van der Waals surface area (Å²) in [6.45, 7) is 1.90. The number of rotatable bonds is 2. The third kappa shape index (κ3) is 1.66. The van der Waals surface area contributed by atoms with Crippen molar-refractivity contribution in [3.8, 4) is 0 Å². The van der Waals surface area contributed by atoms with E-state index in [0.29, 0.717) is 6.42 Å². The van der Waals surface area contributed by atoms with E-state index in [0.717, 1.165) is 0 Å². The van der Waals surface area contributed by atoms with Crippen LogP contribution >= 0.6 is 11.8 Å². The summed E-state index contributed by atoms with van der Waals surface area (Å²) >= 11 is 1.30. The van der Waals surface area contributed by atoms with E-state index in [2.05, 4.69) is 5.32 Å². The zero-order valence-electron chi connectivity index (χ0n) is 6.13. The number of hydrogen-bond acceptors (Lipinski definition) is 4. The number of thioether (sulfide) groups is 1. The first-order chi connectivity index (χ1) is 5.07. The van der Waals surface area contributed by atoms with Gasteiger partial charge in [0.25, 0.3) is 0 Å². The molecule has 0 amide bonds. The smallest absolute Gasteiger partial charge is 0.352 e. The van der Waals surface area contributed by atoms with E-state index in [4.69, 9.17) is 10.8 Å². The Bertz CT molecular complexity index is 217. The van der Waals surface area contributed by atoms with E-state index in [1.807, 2.05) is 6.92 Å². The minimum Gasteiger partial charge on any atom is -0.477 e. The molecule has 0 saturated heterocycles. The van der Waals surface area contributed by atoms with Gasteiger partial charge in [-0.15, -0.1) is 0 Å². The minimum atomic E-state index is -0.960. The predicted octanol–water partition coefficient (Wildman–Crippen LogP) is 0.271. The second kappa shape index (κ2) is 2.75. The molecule has 0 saturated carbocycles. The molecule has 0 bridgehead atoms. The lowest BCUT2D eigenvalue weighted by atomic mass is 10.3. The maximum Gasteiger partial charge on any atom is 0.352 e. The highest BCUT2D eigenvalue weighted by atomic mass is 32.2. The molecule has 1 aliphatic rings. The molecule has 1 aliphatic heterocycles. The van der Waals surface area contributed by atoms with Gasteiger partial charge in [0.15, 0.2) is 0 Å². The molecule has 1 heterocycles. The molecule has 5 heteroatoms. The molecule has 0 aromatic carbocycles. The number of nitrogens with one attached hydrogen (secondary N) is 1. The van der Waals surface area contributed by atoms with Gasteiger partial charge in [-0.25, -0.2) is 4.79 Å². The van der Waals surface area contributed by atoms with E-state index in [1.54, 1.807) is 0 Å². The van der Waals surface area contributed by atoms with Crippen LogP contribution in [0, 0.1) is 0 Å². The van der Waals surface area contributed by atoms with Gasteiger partial charge in [0.1, 0.15) is 10.7 Å². The Morgan fingerprint density at radius 1 is 2.00 bits per heavy atom. The van der Waals surface area contributed by atoms with Crippen LogP contribution in [0.5, 0.6) is 0 Å². The fourth-order valence-electron chi connectivity index (χ4n) is 0.727. The van der Waals surface area contributed by atoms with Crippen LogP contribution in [0.2, 0.25) is 0 Å². The average Bonchev–Trinajstić information content (AvgIpc) is 2.33. The van der Waals surface area contributed by atoms with Gasteiger partial charge in [0.2, 0.25) is 0 Å². The molecule has 0 spiro atoms. The van der Waals surface area contributed by atoms with Crippen molar-refractivity contribution in [3.05, 3.63) is 11.1 Å². The fourth-order valence-corrected chi connectivity index (χ4v) is 1.55. The topological polar surface area (TPSA) is 75.3 Å². The molecular weight excluding hydrogens is 164 g/mol. The van der Waals surface area contributed by atoms with Gasteiger partial charge in [-0.1, -0.05) is 18.7 Å². The lowest BCUT2D eigenvalue weighted by Gasteiger charge is -2.22. The van der Waals surface area contributed by atoms with Crippen LogP contribution in [-0.4, -0.2) is 16.1 Å². The molecule has 1 atom stereocenters. The molecule has 62 valence electrons. The van der Waals surface area contributed by atoms with Crippen molar-refractivity contribution in [1.82, 2.24) is 5.32 Å². The summed E-state index contributed by atoms with van der Waals surface area (Å²) in [5, 5.41) is 12.8. The maximum absolute atomic E-state index is 10.4. The number of carbonyl (C=O) groups is 1. The average molecular weight is 174 g/mol. The maximum atomic E-state index is 10.4. The third-order valence-electron chi connectivity index (χ3n) is 1.49. The first-order valence-electron chi connectivity index (χ1n) is 3.26. The number of aliphatic carboxylic acids is 1. The van der Waals surface area contributed by atoms with Crippen LogP contribution in [0.25, 0.3) is 0 Å². The zero-order valence-corrected chi connectivity index (χ0v) is 6.94. The summed E-state index contributed by atoms with van der Waals surface area (Å²) in [5.41, 5.74) is 5.90. The Morgan fingerprint density at radius 3 is 2.91 bits per heavy atom. The first-order valence-corrected chi connectivity index (χ1v) is 4.14. The fraction of sp³-hybridized carbons (Fsp3) is 0.500. The molecule has 0 aromatic rings. The molecule has 4 N–H and O–H groups in total. The van der Waals surface area contributed by atoms with Crippen LogP contribution in [-0.2, 0) is 4.79 Å². The summed E-state index contributed by atoms with van der Waals surface area (Å²) < 4.78 is 0. The van der Waals surface area contributed by atoms with Crippen molar-refractivity contribution in [2.45, 2.75) is 18.3 Å². The van der Waals surface area contributed by atoms with Gasteiger partial charge in [-0.3, -0.25) is 5.73 Å². The van der Waals surface area contributed by atoms with Gasteiger partial charge in [0, 0.05) is 5.41 Å². The van der Waals surface area contributed by atoms with E-state index in [-0.39, 0.29) is 5.70 Å². The monoisotopic (exact) mass is 174 g/mol. The molecule has 0 fully saturated rings. The van der Waals surface area contributed by atoms with E-state index in [1.165, 1.54) is 17.2 Å². The Balaban J connectivity index is 2.62. The van der Waals surface area contributed by atoms with Crippen molar-refractivity contribution in [1.29, 1.82) is 0 Å². The highest BCUT2D eigenvalue weighted by Gasteiger charge is 2.30. The van der Waals surface area contributed by atoms with E-state index < -0.39 is 11.0 Å². The summed E-state index contributed by atoms with van der Waals surface area (Å²) in [6, 6.07) is 0. The summed E-state index contributed by atoms with van der Waals surface area (Å²) in [5.74, 6) is -0.960. The second-order valence-corrected chi connectivity index (χ2v) is 3.52. The van der Waals surface area contributed by atoms with Crippen LogP contribution in [0.4, 0.5) is 0 Å². The molecular formula is C6H10N2O2S. The van der Waals surface area contributed by atoms with Crippen LogP contribution < -0.4 is 11.1 Å². The van der Waals surface area contributed by atoms with Gasteiger partial charge in [-0.05, 0) is 6.42 Å². The van der Waals surface area contributed by atoms with Crippen molar-refractivity contribution in [2.75, 3.05) is 0 Å². The Morgan fingerprint density at radius 2 is 2.64 bits per heavy atom. The van der Waals surface area contributed by atoms with Crippen molar-refractivity contribution in [2.24, 2.45) is 5.73 Å². The van der Waals surface area contributed by atoms with Crippen LogP contribution in [0.3, 0.4) is 0 Å². The van der Waals surface area contributed by atoms with Crippen molar-refractivity contribution >= 4 is 17.7 Å². The van der Waals surface area contributed by atoms with Gasteiger partial charge < -0.3 is 10.4 Å². The minimum absolute atomic E-state index is 0.180. The third-order valence-corrected chi connectivity index (χ3v) is 2.65. The normalized spacial score (nSPS) is 29.5. The van der Waals surface area contributed by atoms with Crippen LogP contribution in [0.1, 0.15) is 13.3 Å². The molecule has 0 aromatic heterocycles. The lowest BCUT2D eigenvalue weighted by molar-refractivity contribution is -0.133. The highest BCUT2D eigenvalue weighted by Crippen LogP contribution is 2.29. The highest BCUT2D eigenvalue weighted by molar-refractivity contribution is 8.03. The van der Waals surface area contributed by atoms with E-state index in [9.17, 15) is 4.79 Å². The summed E-state index contributed by atoms with van der Waals surface area (Å²) in [6.07, 6.45) is 0.685. The Labute approximate surface area is 68.8 Å². The Kier molecular flexibility index (Phi) is 2.10. The van der Waals surface area contributed by atoms with E-state index >= 15 is 0 Å². The zero-order chi connectivity index (χ0) is 8.48. The number of carboxylic acid groups (broad SMARTS) is 1. The van der Waals surface area contributed by atoms with Crippen LogP contribution in [0.15, 0.2) is 11.1 Å².